The van der Waals surface area contributed by atoms with Crippen LogP contribution in [0.3, 0.4) is 0 Å². The van der Waals surface area contributed by atoms with E-state index in [0.717, 1.165) is 29.8 Å². The van der Waals surface area contributed by atoms with E-state index in [1.807, 2.05) is 42.3 Å². The second-order valence-corrected chi connectivity index (χ2v) is 4.80. The van der Waals surface area contributed by atoms with Gasteiger partial charge in [-0.2, -0.15) is 0 Å². The van der Waals surface area contributed by atoms with E-state index in [9.17, 15) is 0 Å². The summed E-state index contributed by atoms with van der Waals surface area (Å²) in [5.41, 5.74) is 8.34. The average Bonchev–Trinajstić information content (AvgIpc) is 2.98. The molecule has 2 N–H and O–H groups in total. The van der Waals surface area contributed by atoms with Crippen molar-refractivity contribution in [3.8, 4) is 0 Å². The number of benzene rings is 1. The standard InChI is InChI=1S/C14H17N5/c1-18-7-6-16-14(18)8-11(15)9-19-10-17-12-4-2-3-5-13(12)19/h2-7,10-11H,8-9,15H2,1H3. The fourth-order valence-electron chi connectivity index (χ4n) is 2.30. The van der Waals surface area contributed by atoms with Gasteiger partial charge in [-0.3, -0.25) is 0 Å². The molecule has 2 heterocycles. The number of aryl methyl sites for hydroxylation is 1. The number of nitrogens with zero attached hydrogens (tertiary/aromatic N) is 4. The number of rotatable bonds is 4. The summed E-state index contributed by atoms with van der Waals surface area (Å²) in [7, 11) is 1.99. The van der Waals surface area contributed by atoms with Crippen molar-refractivity contribution in [1.82, 2.24) is 19.1 Å². The summed E-state index contributed by atoms with van der Waals surface area (Å²) in [6, 6.07) is 8.11. The lowest BCUT2D eigenvalue weighted by molar-refractivity contribution is 0.539. The molecule has 0 radical (unpaired) electrons. The quantitative estimate of drug-likeness (QED) is 0.765. The van der Waals surface area contributed by atoms with Gasteiger partial charge in [0.05, 0.1) is 17.4 Å². The lowest BCUT2D eigenvalue weighted by Gasteiger charge is -2.13. The minimum atomic E-state index is 0.0266. The second kappa shape index (κ2) is 4.85. The maximum Gasteiger partial charge on any atom is 0.109 e. The Bertz CT molecular complexity index is 682. The maximum atomic E-state index is 6.21. The Labute approximate surface area is 111 Å². The minimum Gasteiger partial charge on any atom is -0.338 e. The molecule has 19 heavy (non-hydrogen) atoms. The van der Waals surface area contributed by atoms with Crippen LogP contribution in [0.15, 0.2) is 43.0 Å². The summed E-state index contributed by atoms with van der Waals surface area (Å²) in [5.74, 6) is 1.01. The van der Waals surface area contributed by atoms with Crippen LogP contribution >= 0.6 is 0 Å². The van der Waals surface area contributed by atoms with Gasteiger partial charge in [0, 0.05) is 38.4 Å². The largest absolute Gasteiger partial charge is 0.338 e. The molecule has 5 heteroatoms. The zero-order valence-corrected chi connectivity index (χ0v) is 10.9. The zero-order valence-electron chi connectivity index (χ0n) is 10.9. The van der Waals surface area contributed by atoms with Gasteiger partial charge < -0.3 is 14.9 Å². The van der Waals surface area contributed by atoms with Crippen molar-refractivity contribution < 1.29 is 0 Å². The normalized spacial score (nSPS) is 12.9. The number of hydrogen-bond donors (Lipinski definition) is 1. The third-order valence-corrected chi connectivity index (χ3v) is 3.32. The third-order valence-electron chi connectivity index (χ3n) is 3.32. The van der Waals surface area contributed by atoms with Crippen molar-refractivity contribution in [2.75, 3.05) is 0 Å². The SMILES string of the molecule is Cn1ccnc1CC(N)Cn1cnc2ccccc21. The van der Waals surface area contributed by atoms with E-state index in [1.54, 1.807) is 6.20 Å². The highest BCUT2D eigenvalue weighted by molar-refractivity contribution is 5.74. The number of fused-ring (bicyclic) bond motifs is 1. The molecule has 98 valence electrons. The molecular formula is C14H17N5. The molecule has 0 saturated carbocycles. The molecule has 0 amide bonds. The Morgan fingerprint density at radius 1 is 1.26 bits per heavy atom. The van der Waals surface area contributed by atoms with Crippen molar-refractivity contribution in [3.05, 3.63) is 48.8 Å². The van der Waals surface area contributed by atoms with Crippen molar-refractivity contribution in [3.63, 3.8) is 0 Å². The van der Waals surface area contributed by atoms with Gasteiger partial charge in [-0.05, 0) is 12.1 Å². The second-order valence-electron chi connectivity index (χ2n) is 4.80. The van der Waals surface area contributed by atoms with Gasteiger partial charge in [0.2, 0.25) is 0 Å². The lowest BCUT2D eigenvalue weighted by Crippen LogP contribution is -2.29. The van der Waals surface area contributed by atoms with E-state index in [-0.39, 0.29) is 6.04 Å². The topological polar surface area (TPSA) is 61.7 Å². The molecule has 0 aliphatic rings. The number of aromatic nitrogens is 4. The summed E-state index contributed by atoms with van der Waals surface area (Å²) in [6.07, 6.45) is 6.35. The molecule has 0 bridgehead atoms. The highest BCUT2D eigenvalue weighted by Gasteiger charge is 2.10. The average molecular weight is 255 g/mol. The maximum absolute atomic E-state index is 6.21. The molecule has 2 aromatic heterocycles. The Morgan fingerprint density at radius 3 is 2.89 bits per heavy atom. The van der Waals surface area contributed by atoms with Crippen LogP contribution in [-0.4, -0.2) is 25.1 Å². The molecule has 0 saturated heterocycles. The lowest BCUT2D eigenvalue weighted by atomic mass is 10.2. The number of nitrogens with two attached hydrogens (primary N) is 1. The van der Waals surface area contributed by atoms with Gasteiger partial charge in [0.1, 0.15) is 5.82 Å². The minimum absolute atomic E-state index is 0.0266. The highest BCUT2D eigenvalue weighted by Crippen LogP contribution is 2.12. The predicted molar refractivity (Wildman–Crippen MR) is 74.6 cm³/mol. The summed E-state index contributed by atoms with van der Waals surface area (Å²) in [5, 5.41) is 0. The van der Waals surface area contributed by atoms with Crippen LogP contribution in [0.1, 0.15) is 5.82 Å². The van der Waals surface area contributed by atoms with Crippen molar-refractivity contribution in [2.24, 2.45) is 12.8 Å². The van der Waals surface area contributed by atoms with Crippen LogP contribution in [0.4, 0.5) is 0 Å². The molecule has 3 aromatic rings. The fourth-order valence-corrected chi connectivity index (χ4v) is 2.30. The molecule has 1 atom stereocenters. The first-order valence-electron chi connectivity index (χ1n) is 6.35. The Morgan fingerprint density at radius 2 is 2.11 bits per heavy atom. The Kier molecular flexibility index (Phi) is 3.05. The third kappa shape index (κ3) is 2.37. The van der Waals surface area contributed by atoms with Crippen LogP contribution in [0.2, 0.25) is 0 Å². The van der Waals surface area contributed by atoms with Crippen LogP contribution < -0.4 is 5.73 Å². The van der Waals surface area contributed by atoms with Crippen molar-refractivity contribution in [2.45, 2.75) is 19.0 Å². The molecule has 5 nitrogen and oxygen atoms in total. The molecular weight excluding hydrogens is 238 g/mol. The first-order chi connectivity index (χ1) is 9.24. The van der Waals surface area contributed by atoms with Gasteiger partial charge in [0.15, 0.2) is 0 Å². The van der Waals surface area contributed by atoms with Gasteiger partial charge in [-0.25, -0.2) is 9.97 Å². The molecule has 3 rings (SSSR count). The first kappa shape index (κ1) is 11.9. The highest BCUT2D eigenvalue weighted by atomic mass is 15.1. The molecule has 0 spiro atoms. The summed E-state index contributed by atoms with van der Waals surface area (Å²) in [4.78, 5) is 8.68. The van der Waals surface area contributed by atoms with Gasteiger partial charge >= 0.3 is 0 Å². The number of para-hydroxylation sites is 2. The van der Waals surface area contributed by atoms with Gasteiger partial charge in [0.25, 0.3) is 0 Å². The zero-order chi connectivity index (χ0) is 13.2. The summed E-state index contributed by atoms with van der Waals surface area (Å²) < 4.78 is 4.11. The van der Waals surface area contributed by atoms with Crippen molar-refractivity contribution in [1.29, 1.82) is 0 Å². The molecule has 0 fully saturated rings. The van der Waals surface area contributed by atoms with E-state index >= 15 is 0 Å². The van der Waals surface area contributed by atoms with Crippen LogP contribution in [0.5, 0.6) is 0 Å². The summed E-state index contributed by atoms with van der Waals surface area (Å²) >= 11 is 0. The fraction of sp³-hybridized carbons (Fsp3) is 0.286. The Hall–Kier alpha value is -2.14. The van der Waals surface area contributed by atoms with Gasteiger partial charge in [-0.1, -0.05) is 12.1 Å². The van der Waals surface area contributed by atoms with E-state index in [1.165, 1.54) is 0 Å². The Balaban J connectivity index is 1.76. The van der Waals surface area contributed by atoms with Crippen LogP contribution in [0.25, 0.3) is 11.0 Å². The van der Waals surface area contributed by atoms with Crippen LogP contribution in [0, 0.1) is 0 Å². The van der Waals surface area contributed by atoms with Crippen molar-refractivity contribution >= 4 is 11.0 Å². The molecule has 1 aromatic carbocycles. The number of imidazole rings is 2. The van der Waals surface area contributed by atoms with Crippen LogP contribution in [-0.2, 0) is 20.0 Å². The predicted octanol–water partition coefficient (Wildman–Crippen LogP) is 1.34. The smallest absolute Gasteiger partial charge is 0.109 e. The molecule has 0 aliphatic heterocycles. The summed E-state index contributed by atoms with van der Waals surface area (Å²) in [6.45, 7) is 0.743. The van der Waals surface area contributed by atoms with E-state index in [2.05, 4.69) is 20.6 Å². The monoisotopic (exact) mass is 255 g/mol. The number of hydrogen-bond acceptors (Lipinski definition) is 3. The van der Waals surface area contributed by atoms with E-state index in [0.29, 0.717) is 0 Å². The van der Waals surface area contributed by atoms with E-state index < -0.39 is 0 Å². The molecule has 1 unspecified atom stereocenters. The van der Waals surface area contributed by atoms with Gasteiger partial charge in [-0.15, -0.1) is 0 Å². The first-order valence-corrected chi connectivity index (χ1v) is 6.35. The molecule has 0 aliphatic carbocycles. The van der Waals surface area contributed by atoms with E-state index in [4.69, 9.17) is 5.73 Å².